The first-order valence-corrected chi connectivity index (χ1v) is 6.84. The first kappa shape index (κ1) is 15.0. The zero-order valence-electron chi connectivity index (χ0n) is 12.3. The molecule has 0 radical (unpaired) electrons. The molecule has 0 aliphatic rings. The summed E-state index contributed by atoms with van der Waals surface area (Å²) in [6.07, 6.45) is 5.45. The Kier molecular flexibility index (Phi) is 5.31. The normalized spacial score (nSPS) is 11.5. The van der Waals surface area contributed by atoms with Gasteiger partial charge in [-0.25, -0.2) is 9.37 Å². The summed E-state index contributed by atoms with van der Waals surface area (Å²) in [6, 6.07) is 5.09. The van der Waals surface area contributed by atoms with E-state index in [1.54, 1.807) is 32.6 Å². The van der Waals surface area contributed by atoms with E-state index in [0.717, 1.165) is 24.6 Å². The topological polar surface area (TPSA) is 54.2 Å². The molecular weight excluding hydrogens is 269 g/mol. The van der Waals surface area contributed by atoms with Gasteiger partial charge in [-0.3, -0.25) is 4.99 Å². The highest BCUT2D eigenvalue weighted by molar-refractivity contribution is 5.79. The van der Waals surface area contributed by atoms with Crippen LogP contribution in [0.2, 0.25) is 0 Å². The van der Waals surface area contributed by atoms with Gasteiger partial charge in [0, 0.05) is 39.1 Å². The smallest absolute Gasteiger partial charge is 0.191 e. The van der Waals surface area contributed by atoms with Crippen molar-refractivity contribution in [3.8, 4) is 0 Å². The van der Waals surface area contributed by atoms with Gasteiger partial charge in [0.25, 0.3) is 0 Å². The second kappa shape index (κ2) is 7.42. The molecular formula is C15H20FN5. The van der Waals surface area contributed by atoms with Gasteiger partial charge in [-0.2, -0.15) is 0 Å². The molecule has 21 heavy (non-hydrogen) atoms. The van der Waals surface area contributed by atoms with Gasteiger partial charge in [0.05, 0.1) is 6.33 Å². The SMILES string of the molecule is CN=C(NCCn1ccnc1)NCc1ccc(F)c(C)c1. The van der Waals surface area contributed by atoms with Gasteiger partial charge in [0.1, 0.15) is 5.82 Å². The minimum atomic E-state index is -0.179. The van der Waals surface area contributed by atoms with Gasteiger partial charge in [-0.15, -0.1) is 0 Å². The number of aliphatic imine (C=N–C) groups is 1. The van der Waals surface area contributed by atoms with E-state index in [4.69, 9.17) is 0 Å². The van der Waals surface area contributed by atoms with E-state index < -0.39 is 0 Å². The lowest BCUT2D eigenvalue weighted by Gasteiger charge is -2.12. The lowest BCUT2D eigenvalue weighted by molar-refractivity contribution is 0.617. The van der Waals surface area contributed by atoms with Crippen molar-refractivity contribution < 1.29 is 4.39 Å². The van der Waals surface area contributed by atoms with Gasteiger partial charge in [0.15, 0.2) is 5.96 Å². The van der Waals surface area contributed by atoms with Crippen LogP contribution in [0.3, 0.4) is 0 Å². The molecule has 0 saturated heterocycles. The van der Waals surface area contributed by atoms with Crippen molar-refractivity contribution in [2.45, 2.75) is 20.0 Å². The van der Waals surface area contributed by atoms with Gasteiger partial charge in [-0.1, -0.05) is 12.1 Å². The van der Waals surface area contributed by atoms with Crippen molar-refractivity contribution in [3.63, 3.8) is 0 Å². The Balaban J connectivity index is 1.78. The number of hydrogen-bond donors (Lipinski definition) is 2. The fourth-order valence-corrected chi connectivity index (χ4v) is 1.95. The molecule has 112 valence electrons. The predicted octanol–water partition coefficient (Wildman–Crippen LogP) is 1.70. The Hall–Kier alpha value is -2.37. The molecule has 6 heteroatoms. The lowest BCUT2D eigenvalue weighted by Crippen LogP contribution is -2.38. The molecule has 0 bridgehead atoms. The van der Waals surface area contributed by atoms with Crippen LogP contribution in [-0.4, -0.2) is 29.1 Å². The fraction of sp³-hybridized carbons (Fsp3) is 0.333. The number of aryl methyl sites for hydroxylation is 1. The van der Waals surface area contributed by atoms with Crippen LogP contribution in [-0.2, 0) is 13.1 Å². The maximum Gasteiger partial charge on any atom is 0.191 e. The quantitative estimate of drug-likeness (QED) is 0.650. The molecule has 5 nitrogen and oxygen atoms in total. The molecule has 2 aromatic rings. The van der Waals surface area contributed by atoms with E-state index in [9.17, 15) is 4.39 Å². The molecule has 0 unspecified atom stereocenters. The van der Waals surface area contributed by atoms with Crippen molar-refractivity contribution in [1.29, 1.82) is 0 Å². The molecule has 2 rings (SSSR count). The molecule has 0 atom stereocenters. The predicted molar refractivity (Wildman–Crippen MR) is 81.6 cm³/mol. The van der Waals surface area contributed by atoms with Crippen LogP contribution < -0.4 is 10.6 Å². The largest absolute Gasteiger partial charge is 0.355 e. The van der Waals surface area contributed by atoms with Crippen LogP contribution in [0.4, 0.5) is 4.39 Å². The van der Waals surface area contributed by atoms with E-state index >= 15 is 0 Å². The highest BCUT2D eigenvalue weighted by atomic mass is 19.1. The van der Waals surface area contributed by atoms with E-state index in [2.05, 4.69) is 20.6 Å². The second-order valence-electron chi connectivity index (χ2n) is 4.74. The molecule has 0 amide bonds. The van der Waals surface area contributed by atoms with Crippen molar-refractivity contribution >= 4 is 5.96 Å². The van der Waals surface area contributed by atoms with Gasteiger partial charge in [-0.05, 0) is 24.1 Å². The third kappa shape index (κ3) is 4.59. The minimum absolute atomic E-state index is 0.179. The summed E-state index contributed by atoms with van der Waals surface area (Å²) in [4.78, 5) is 8.15. The second-order valence-corrected chi connectivity index (χ2v) is 4.74. The van der Waals surface area contributed by atoms with E-state index in [-0.39, 0.29) is 5.82 Å². The monoisotopic (exact) mass is 289 g/mol. The number of benzene rings is 1. The number of rotatable bonds is 5. The van der Waals surface area contributed by atoms with Gasteiger partial charge in [0.2, 0.25) is 0 Å². The molecule has 0 aliphatic carbocycles. The number of aromatic nitrogens is 2. The molecule has 1 aromatic heterocycles. The number of nitrogens with one attached hydrogen (secondary N) is 2. The summed E-state index contributed by atoms with van der Waals surface area (Å²) >= 11 is 0. The molecule has 0 spiro atoms. The number of halogens is 1. The number of hydrogen-bond acceptors (Lipinski definition) is 2. The van der Waals surface area contributed by atoms with Gasteiger partial charge >= 0.3 is 0 Å². The Morgan fingerprint density at radius 3 is 2.90 bits per heavy atom. The van der Waals surface area contributed by atoms with Crippen LogP contribution in [0.5, 0.6) is 0 Å². The molecule has 1 heterocycles. The van der Waals surface area contributed by atoms with Gasteiger partial charge < -0.3 is 15.2 Å². The average Bonchev–Trinajstić information content (AvgIpc) is 2.99. The number of guanidine groups is 1. The fourth-order valence-electron chi connectivity index (χ4n) is 1.95. The highest BCUT2D eigenvalue weighted by Gasteiger charge is 2.01. The minimum Gasteiger partial charge on any atom is -0.355 e. The zero-order valence-corrected chi connectivity index (χ0v) is 12.3. The Morgan fingerprint density at radius 1 is 1.38 bits per heavy atom. The van der Waals surface area contributed by atoms with Crippen molar-refractivity contribution in [2.75, 3.05) is 13.6 Å². The van der Waals surface area contributed by atoms with Crippen LogP contribution in [0.15, 0.2) is 41.9 Å². The molecule has 1 aromatic carbocycles. The third-order valence-corrected chi connectivity index (χ3v) is 3.13. The first-order valence-electron chi connectivity index (χ1n) is 6.84. The van der Waals surface area contributed by atoms with Crippen LogP contribution in [0, 0.1) is 12.7 Å². The summed E-state index contributed by atoms with van der Waals surface area (Å²) < 4.78 is 15.2. The van der Waals surface area contributed by atoms with Crippen molar-refractivity contribution in [1.82, 2.24) is 20.2 Å². The Labute approximate surface area is 123 Å². The molecule has 0 aliphatic heterocycles. The maximum atomic E-state index is 13.2. The van der Waals surface area contributed by atoms with E-state index in [1.807, 2.05) is 16.8 Å². The summed E-state index contributed by atoms with van der Waals surface area (Å²) in [5.41, 5.74) is 1.67. The Bertz CT molecular complexity index is 592. The maximum absolute atomic E-state index is 13.2. The average molecular weight is 289 g/mol. The molecule has 0 saturated carbocycles. The van der Waals surface area contributed by atoms with Crippen LogP contribution >= 0.6 is 0 Å². The Morgan fingerprint density at radius 2 is 2.24 bits per heavy atom. The van der Waals surface area contributed by atoms with Crippen molar-refractivity contribution in [3.05, 3.63) is 53.9 Å². The molecule has 0 fully saturated rings. The standard InChI is InChI=1S/C15H20FN5/c1-12-9-13(3-4-14(12)16)10-20-15(17-2)19-6-8-21-7-5-18-11-21/h3-5,7,9,11H,6,8,10H2,1-2H3,(H2,17,19,20). The summed E-state index contributed by atoms with van der Waals surface area (Å²) in [6.45, 7) is 3.93. The number of imidazole rings is 1. The van der Waals surface area contributed by atoms with E-state index in [1.165, 1.54) is 6.07 Å². The summed E-state index contributed by atoms with van der Waals surface area (Å²) in [5.74, 6) is 0.540. The van der Waals surface area contributed by atoms with E-state index in [0.29, 0.717) is 12.1 Å². The molecule has 2 N–H and O–H groups in total. The van der Waals surface area contributed by atoms with Crippen molar-refractivity contribution in [2.24, 2.45) is 4.99 Å². The number of nitrogens with zero attached hydrogens (tertiary/aromatic N) is 3. The zero-order chi connectivity index (χ0) is 15.1. The highest BCUT2D eigenvalue weighted by Crippen LogP contribution is 2.08. The first-order chi connectivity index (χ1) is 10.2. The van der Waals surface area contributed by atoms with Crippen LogP contribution in [0.1, 0.15) is 11.1 Å². The van der Waals surface area contributed by atoms with Crippen LogP contribution in [0.25, 0.3) is 0 Å². The third-order valence-electron chi connectivity index (χ3n) is 3.13. The lowest BCUT2D eigenvalue weighted by atomic mass is 10.1. The summed E-state index contributed by atoms with van der Waals surface area (Å²) in [5, 5.41) is 6.42. The summed E-state index contributed by atoms with van der Waals surface area (Å²) in [7, 11) is 1.72.